The van der Waals surface area contributed by atoms with Crippen LogP contribution in [0.2, 0.25) is 0 Å². The standard InChI is InChI=1S/C19H16N4OS/c1-23-19(24)16-15(13-6-8-21-9-7-13)11-25-18(16)17(22-23)14-4-2-12(10-20)3-5-14/h2-9,11H,10,20H2,1H3. The highest BCUT2D eigenvalue weighted by Crippen LogP contribution is 2.36. The van der Waals surface area contributed by atoms with E-state index < -0.39 is 0 Å². The van der Waals surface area contributed by atoms with Gasteiger partial charge >= 0.3 is 0 Å². The van der Waals surface area contributed by atoms with Crippen molar-refractivity contribution in [3.05, 3.63) is 70.1 Å². The smallest absolute Gasteiger partial charge is 0.275 e. The fourth-order valence-corrected chi connectivity index (χ4v) is 3.95. The molecule has 4 rings (SSSR count). The first-order valence-corrected chi connectivity index (χ1v) is 8.75. The van der Waals surface area contributed by atoms with E-state index >= 15 is 0 Å². The summed E-state index contributed by atoms with van der Waals surface area (Å²) in [6, 6.07) is 11.8. The van der Waals surface area contributed by atoms with Gasteiger partial charge in [-0.15, -0.1) is 11.3 Å². The first kappa shape index (κ1) is 15.7. The maximum atomic E-state index is 12.7. The van der Waals surface area contributed by atoms with Crippen molar-refractivity contribution in [1.29, 1.82) is 0 Å². The van der Waals surface area contributed by atoms with Gasteiger partial charge in [0.1, 0.15) is 5.69 Å². The van der Waals surface area contributed by atoms with Crippen LogP contribution in [0.15, 0.2) is 59.0 Å². The minimum Gasteiger partial charge on any atom is -0.326 e. The highest BCUT2D eigenvalue weighted by atomic mass is 32.1. The Hall–Kier alpha value is -2.83. The third kappa shape index (κ3) is 2.65. The van der Waals surface area contributed by atoms with Gasteiger partial charge < -0.3 is 5.73 Å². The lowest BCUT2D eigenvalue weighted by molar-refractivity contribution is 0.723. The normalized spacial score (nSPS) is 11.1. The average Bonchev–Trinajstić information content (AvgIpc) is 3.11. The first-order valence-electron chi connectivity index (χ1n) is 7.87. The van der Waals surface area contributed by atoms with Gasteiger partial charge in [0.25, 0.3) is 5.56 Å². The van der Waals surface area contributed by atoms with Crippen LogP contribution in [0.25, 0.3) is 32.5 Å². The quantitative estimate of drug-likeness (QED) is 0.617. The molecule has 25 heavy (non-hydrogen) atoms. The number of fused-ring (bicyclic) bond motifs is 1. The summed E-state index contributed by atoms with van der Waals surface area (Å²) < 4.78 is 2.31. The minimum absolute atomic E-state index is 0.0922. The van der Waals surface area contributed by atoms with Crippen molar-refractivity contribution >= 4 is 21.4 Å². The number of pyridine rings is 1. The maximum absolute atomic E-state index is 12.7. The van der Waals surface area contributed by atoms with Crippen LogP contribution in [0.4, 0.5) is 0 Å². The summed E-state index contributed by atoms with van der Waals surface area (Å²) in [5, 5.41) is 7.22. The molecule has 0 radical (unpaired) electrons. The van der Waals surface area contributed by atoms with Gasteiger partial charge in [-0.25, -0.2) is 4.68 Å². The third-order valence-electron chi connectivity index (χ3n) is 4.22. The summed E-state index contributed by atoms with van der Waals surface area (Å²) >= 11 is 1.54. The van der Waals surface area contributed by atoms with Gasteiger partial charge in [-0.05, 0) is 23.3 Å². The zero-order chi connectivity index (χ0) is 17.4. The molecule has 0 aliphatic heterocycles. The molecule has 0 saturated heterocycles. The van der Waals surface area contributed by atoms with Crippen LogP contribution in [-0.2, 0) is 13.6 Å². The van der Waals surface area contributed by atoms with Crippen molar-refractivity contribution in [3.8, 4) is 22.4 Å². The zero-order valence-electron chi connectivity index (χ0n) is 13.6. The minimum atomic E-state index is -0.0922. The SMILES string of the molecule is Cn1nc(-c2ccc(CN)cc2)c2scc(-c3ccncc3)c2c1=O. The molecule has 1 aromatic carbocycles. The molecule has 5 nitrogen and oxygen atoms in total. The number of nitrogens with zero attached hydrogens (tertiary/aromatic N) is 3. The Morgan fingerprint density at radius 2 is 1.80 bits per heavy atom. The van der Waals surface area contributed by atoms with Crippen molar-refractivity contribution in [2.24, 2.45) is 12.8 Å². The van der Waals surface area contributed by atoms with E-state index in [1.54, 1.807) is 30.8 Å². The number of benzene rings is 1. The molecule has 3 heterocycles. The predicted molar refractivity (Wildman–Crippen MR) is 101 cm³/mol. The molecule has 3 aromatic heterocycles. The van der Waals surface area contributed by atoms with Gasteiger partial charge in [-0.1, -0.05) is 24.3 Å². The highest BCUT2D eigenvalue weighted by Gasteiger charge is 2.17. The van der Waals surface area contributed by atoms with Crippen molar-refractivity contribution in [2.75, 3.05) is 0 Å². The fraction of sp³-hybridized carbons (Fsp3) is 0.105. The first-order chi connectivity index (χ1) is 12.2. The zero-order valence-corrected chi connectivity index (χ0v) is 14.5. The van der Waals surface area contributed by atoms with Crippen LogP contribution >= 0.6 is 11.3 Å². The Labute approximate surface area is 148 Å². The van der Waals surface area contributed by atoms with Crippen LogP contribution in [-0.4, -0.2) is 14.8 Å². The number of aromatic nitrogens is 3. The second-order valence-electron chi connectivity index (χ2n) is 5.77. The van der Waals surface area contributed by atoms with Crippen LogP contribution in [0, 0.1) is 0 Å². The van der Waals surface area contributed by atoms with Crippen molar-refractivity contribution in [2.45, 2.75) is 6.54 Å². The molecule has 0 unspecified atom stereocenters. The van der Waals surface area contributed by atoms with E-state index in [1.807, 2.05) is 41.8 Å². The molecule has 0 aliphatic rings. The Balaban J connectivity index is 1.99. The predicted octanol–water partition coefficient (Wildman–Crippen LogP) is 3.18. The summed E-state index contributed by atoms with van der Waals surface area (Å²) in [5.41, 5.74) is 10.3. The molecule has 6 heteroatoms. The third-order valence-corrected chi connectivity index (χ3v) is 5.21. The molecule has 124 valence electrons. The summed E-state index contributed by atoms with van der Waals surface area (Å²) in [6.07, 6.45) is 3.47. The summed E-state index contributed by atoms with van der Waals surface area (Å²) in [6.45, 7) is 0.502. The number of hydrogen-bond donors (Lipinski definition) is 1. The van der Waals surface area contributed by atoms with Gasteiger partial charge in [0.2, 0.25) is 0 Å². The summed E-state index contributed by atoms with van der Waals surface area (Å²) in [7, 11) is 1.69. The van der Waals surface area contributed by atoms with Gasteiger partial charge in [0, 0.05) is 42.5 Å². The number of hydrogen-bond acceptors (Lipinski definition) is 5. The van der Waals surface area contributed by atoms with E-state index in [1.165, 1.54) is 4.68 Å². The molecule has 0 amide bonds. The lowest BCUT2D eigenvalue weighted by atomic mass is 10.0. The van der Waals surface area contributed by atoms with E-state index in [4.69, 9.17) is 5.73 Å². The Morgan fingerprint density at radius 1 is 1.08 bits per heavy atom. The summed E-state index contributed by atoms with van der Waals surface area (Å²) in [5.74, 6) is 0. The highest BCUT2D eigenvalue weighted by molar-refractivity contribution is 7.18. The number of aryl methyl sites for hydroxylation is 1. The molecule has 0 spiro atoms. The molecule has 0 aliphatic carbocycles. The molecular formula is C19H16N4OS. The average molecular weight is 348 g/mol. The Bertz CT molecular complexity index is 1100. The van der Waals surface area contributed by atoms with Crippen molar-refractivity contribution < 1.29 is 0 Å². The Morgan fingerprint density at radius 3 is 2.48 bits per heavy atom. The number of thiophene rings is 1. The molecule has 0 fully saturated rings. The second-order valence-corrected chi connectivity index (χ2v) is 6.65. The Kier molecular flexibility index (Phi) is 3.91. The molecule has 4 aromatic rings. The molecule has 0 atom stereocenters. The maximum Gasteiger partial charge on any atom is 0.275 e. The van der Waals surface area contributed by atoms with Crippen molar-refractivity contribution in [3.63, 3.8) is 0 Å². The van der Waals surface area contributed by atoms with Crippen LogP contribution in [0.1, 0.15) is 5.56 Å². The molecular weight excluding hydrogens is 332 g/mol. The largest absolute Gasteiger partial charge is 0.326 e. The molecule has 0 bridgehead atoms. The summed E-state index contributed by atoms with van der Waals surface area (Å²) in [4.78, 5) is 16.8. The van der Waals surface area contributed by atoms with E-state index in [0.29, 0.717) is 11.9 Å². The van der Waals surface area contributed by atoms with Gasteiger partial charge in [0.05, 0.1) is 10.1 Å². The molecule has 2 N–H and O–H groups in total. The number of nitrogens with two attached hydrogens (primary N) is 1. The van der Waals surface area contributed by atoms with E-state index in [-0.39, 0.29) is 5.56 Å². The lowest BCUT2D eigenvalue weighted by Gasteiger charge is -2.07. The van der Waals surface area contributed by atoms with Gasteiger partial charge in [-0.2, -0.15) is 5.10 Å². The number of rotatable bonds is 3. The van der Waals surface area contributed by atoms with Gasteiger partial charge in [0.15, 0.2) is 0 Å². The second kappa shape index (κ2) is 6.23. The lowest BCUT2D eigenvalue weighted by Crippen LogP contribution is -2.20. The van der Waals surface area contributed by atoms with Crippen LogP contribution in [0.5, 0.6) is 0 Å². The van der Waals surface area contributed by atoms with Crippen molar-refractivity contribution in [1.82, 2.24) is 14.8 Å². The van der Waals surface area contributed by atoms with Crippen LogP contribution < -0.4 is 11.3 Å². The fourth-order valence-electron chi connectivity index (χ4n) is 2.88. The van der Waals surface area contributed by atoms with E-state index in [9.17, 15) is 4.79 Å². The molecule has 0 saturated carbocycles. The van der Waals surface area contributed by atoms with E-state index in [0.717, 1.165) is 32.6 Å². The monoisotopic (exact) mass is 348 g/mol. The van der Waals surface area contributed by atoms with Crippen LogP contribution in [0.3, 0.4) is 0 Å². The van der Waals surface area contributed by atoms with E-state index in [2.05, 4.69) is 10.1 Å². The van der Waals surface area contributed by atoms with Gasteiger partial charge in [-0.3, -0.25) is 9.78 Å². The topological polar surface area (TPSA) is 73.8 Å².